The predicted molar refractivity (Wildman–Crippen MR) is 86.5 cm³/mol. The maximum atomic E-state index is 12.0. The zero-order valence-electron chi connectivity index (χ0n) is 12.3. The van der Waals surface area contributed by atoms with Gasteiger partial charge in [-0.15, -0.1) is 0 Å². The Morgan fingerprint density at radius 2 is 2.05 bits per heavy atom. The molecule has 0 unspecified atom stereocenters. The van der Waals surface area contributed by atoms with Gasteiger partial charge in [-0.1, -0.05) is 23.2 Å². The summed E-state index contributed by atoms with van der Waals surface area (Å²) >= 11 is 11.8. The SMILES string of the molecule is C[C@H](Oc1cc(Cl)cc(Cl)c1)C(=O)NCCc1cnn(C)c1. The molecule has 118 valence electrons. The van der Waals surface area contributed by atoms with Crippen molar-refractivity contribution in [2.45, 2.75) is 19.4 Å². The van der Waals surface area contributed by atoms with E-state index >= 15 is 0 Å². The zero-order chi connectivity index (χ0) is 16.1. The lowest BCUT2D eigenvalue weighted by Gasteiger charge is -2.15. The Morgan fingerprint density at radius 3 is 2.64 bits per heavy atom. The molecule has 0 aliphatic rings. The van der Waals surface area contributed by atoms with Crippen LogP contribution in [0.4, 0.5) is 0 Å². The maximum absolute atomic E-state index is 12.0. The number of hydrogen-bond acceptors (Lipinski definition) is 3. The van der Waals surface area contributed by atoms with Gasteiger partial charge in [0.1, 0.15) is 5.75 Å². The van der Waals surface area contributed by atoms with E-state index in [1.165, 1.54) is 0 Å². The molecule has 1 aromatic carbocycles. The molecule has 0 aliphatic heterocycles. The molecule has 0 fully saturated rings. The van der Waals surface area contributed by atoms with Gasteiger partial charge in [-0.3, -0.25) is 9.48 Å². The molecule has 7 heteroatoms. The van der Waals surface area contributed by atoms with Crippen molar-refractivity contribution in [2.75, 3.05) is 6.54 Å². The first-order valence-electron chi connectivity index (χ1n) is 6.82. The summed E-state index contributed by atoms with van der Waals surface area (Å²) in [6.45, 7) is 2.20. The summed E-state index contributed by atoms with van der Waals surface area (Å²) in [4.78, 5) is 12.0. The van der Waals surface area contributed by atoms with Crippen molar-refractivity contribution >= 4 is 29.1 Å². The summed E-state index contributed by atoms with van der Waals surface area (Å²) in [5.41, 5.74) is 1.07. The molecule has 1 heterocycles. The number of amides is 1. The summed E-state index contributed by atoms with van der Waals surface area (Å²) in [7, 11) is 1.86. The van der Waals surface area contributed by atoms with Crippen LogP contribution in [0, 0.1) is 0 Å². The molecular weight excluding hydrogens is 325 g/mol. The molecular formula is C15H17Cl2N3O2. The topological polar surface area (TPSA) is 56.1 Å². The molecule has 5 nitrogen and oxygen atoms in total. The van der Waals surface area contributed by atoms with Crippen molar-refractivity contribution < 1.29 is 9.53 Å². The lowest BCUT2D eigenvalue weighted by atomic mass is 10.2. The lowest BCUT2D eigenvalue weighted by Crippen LogP contribution is -2.37. The first-order valence-corrected chi connectivity index (χ1v) is 7.57. The van der Waals surface area contributed by atoms with Gasteiger partial charge in [0.25, 0.3) is 5.91 Å². The molecule has 0 saturated carbocycles. The Hall–Kier alpha value is -1.72. The van der Waals surface area contributed by atoms with Gasteiger partial charge < -0.3 is 10.1 Å². The zero-order valence-corrected chi connectivity index (χ0v) is 13.9. The average Bonchev–Trinajstić information content (AvgIpc) is 2.83. The molecule has 0 saturated heterocycles. The van der Waals surface area contributed by atoms with Crippen molar-refractivity contribution in [2.24, 2.45) is 7.05 Å². The largest absolute Gasteiger partial charge is 0.481 e. The van der Waals surface area contributed by atoms with Crippen LogP contribution in [0.5, 0.6) is 5.75 Å². The summed E-state index contributed by atoms with van der Waals surface area (Å²) in [5, 5.41) is 7.83. The third-order valence-corrected chi connectivity index (χ3v) is 3.43. The molecule has 1 atom stereocenters. The van der Waals surface area contributed by atoms with Crippen LogP contribution < -0.4 is 10.1 Å². The average molecular weight is 342 g/mol. The van der Waals surface area contributed by atoms with Gasteiger partial charge in [0.2, 0.25) is 0 Å². The number of halogens is 2. The third kappa shape index (κ3) is 4.93. The molecule has 0 radical (unpaired) electrons. The van der Waals surface area contributed by atoms with Crippen molar-refractivity contribution in [3.8, 4) is 5.75 Å². The van der Waals surface area contributed by atoms with Crippen molar-refractivity contribution in [1.82, 2.24) is 15.1 Å². The van der Waals surface area contributed by atoms with Crippen LogP contribution in [0.3, 0.4) is 0 Å². The minimum Gasteiger partial charge on any atom is -0.481 e. The fourth-order valence-electron chi connectivity index (χ4n) is 1.93. The Labute approximate surface area is 139 Å². The van der Waals surface area contributed by atoms with Gasteiger partial charge in [0.05, 0.1) is 6.20 Å². The van der Waals surface area contributed by atoms with E-state index in [0.29, 0.717) is 22.3 Å². The number of nitrogens with one attached hydrogen (secondary N) is 1. The Bertz CT molecular complexity index is 638. The number of aryl methyl sites for hydroxylation is 1. The maximum Gasteiger partial charge on any atom is 0.260 e. The molecule has 1 amide bonds. The second-order valence-electron chi connectivity index (χ2n) is 4.93. The Kier molecular flexibility index (Phi) is 5.69. The highest BCUT2D eigenvalue weighted by Crippen LogP contribution is 2.24. The normalized spacial score (nSPS) is 12.0. The van der Waals surface area contributed by atoms with Gasteiger partial charge in [-0.2, -0.15) is 5.10 Å². The number of carbonyl (C=O) groups is 1. The Balaban J connectivity index is 1.81. The highest BCUT2D eigenvalue weighted by Gasteiger charge is 2.14. The van der Waals surface area contributed by atoms with E-state index in [4.69, 9.17) is 27.9 Å². The molecule has 0 spiro atoms. The second kappa shape index (κ2) is 7.51. The molecule has 22 heavy (non-hydrogen) atoms. The highest BCUT2D eigenvalue weighted by molar-refractivity contribution is 6.34. The van der Waals surface area contributed by atoms with Crippen LogP contribution >= 0.6 is 23.2 Å². The molecule has 0 bridgehead atoms. The van der Waals surface area contributed by atoms with Crippen LogP contribution in [0.2, 0.25) is 10.0 Å². The standard InChI is InChI=1S/C15H17Cl2N3O2/c1-10(22-14-6-12(16)5-13(17)7-14)15(21)18-4-3-11-8-19-20(2)9-11/h5-10H,3-4H2,1-2H3,(H,18,21)/t10-/m0/s1. The van der Waals surface area contributed by atoms with Crippen LogP contribution in [-0.4, -0.2) is 28.3 Å². The smallest absolute Gasteiger partial charge is 0.260 e. The summed E-state index contributed by atoms with van der Waals surface area (Å²) < 4.78 is 7.28. The minimum atomic E-state index is -0.636. The Morgan fingerprint density at radius 1 is 1.36 bits per heavy atom. The van der Waals surface area contributed by atoms with Crippen LogP contribution in [0.25, 0.3) is 0 Å². The van der Waals surface area contributed by atoms with E-state index in [-0.39, 0.29) is 5.91 Å². The fraction of sp³-hybridized carbons (Fsp3) is 0.333. The molecule has 2 rings (SSSR count). The highest BCUT2D eigenvalue weighted by atomic mass is 35.5. The van der Waals surface area contributed by atoms with E-state index < -0.39 is 6.10 Å². The van der Waals surface area contributed by atoms with Crippen molar-refractivity contribution in [3.63, 3.8) is 0 Å². The van der Waals surface area contributed by atoms with E-state index in [9.17, 15) is 4.79 Å². The van der Waals surface area contributed by atoms with E-state index in [1.54, 1.807) is 36.0 Å². The first kappa shape index (κ1) is 16.6. The first-order chi connectivity index (χ1) is 10.4. The quantitative estimate of drug-likeness (QED) is 0.878. The van der Waals surface area contributed by atoms with E-state index in [2.05, 4.69) is 10.4 Å². The van der Waals surface area contributed by atoms with Gasteiger partial charge in [0.15, 0.2) is 6.10 Å². The number of rotatable bonds is 6. The second-order valence-corrected chi connectivity index (χ2v) is 5.80. The van der Waals surface area contributed by atoms with Crippen molar-refractivity contribution in [3.05, 3.63) is 46.2 Å². The number of benzene rings is 1. The fourth-order valence-corrected chi connectivity index (χ4v) is 2.43. The van der Waals surface area contributed by atoms with E-state index in [0.717, 1.165) is 12.0 Å². The lowest BCUT2D eigenvalue weighted by molar-refractivity contribution is -0.127. The van der Waals surface area contributed by atoms with Crippen LogP contribution in [0.15, 0.2) is 30.6 Å². The number of nitrogens with zero attached hydrogens (tertiary/aromatic N) is 2. The number of carbonyl (C=O) groups excluding carboxylic acids is 1. The minimum absolute atomic E-state index is 0.194. The molecule has 1 aromatic heterocycles. The van der Waals surface area contributed by atoms with Gasteiger partial charge in [-0.25, -0.2) is 0 Å². The number of ether oxygens (including phenoxy) is 1. The van der Waals surface area contributed by atoms with Gasteiger partial charge in [-0.05, 0) is 37.1 Å². The number of hydrogen-bond donors (Lipinski definition) is 1. The number of aromatic nitrogens is 2. The van der Waals surface area contributed by atoms with Crippen LogP contribution in [-0.2, 0) is 18.3 Å². The predicted octanol–water partition coefficient (Wildman–Crippen LogP) is 2.85. The van der Waals surface area contributed by atoms with E-state index in [1.807, 2.05) is 13.2 Å². The summed E-state index contributed by atoms with van der Waals surface area (Å²) in [5.74, 6) is 0.271. The summed E-state index contributed by atoms with van der Waals surface area (Å²) in [6, 6.07) is 4.84. The monoisotopic (exact) mass is 341 g/mol. The molecule has 2 aromatic rings. The van der Waals surface area contributed by atoms with Crippen LogP contribution in [0.1, 0.15) is 12.5 Å². The molecule has 1 N–H and O–H groups in total. The van der Waals surface area contributed by atoms with Gasteiger partial charge >= 0.3 is 0 Å². The molecule has 0 aliphatic carbocycles. The third-order valence-electron chi connectivity index (χ3n) is 2.99. The van der Waals surface area contributed by atoms with Gasteiger partial charge in [0, 0.05) is 29.8 Å². The summed E-state index contributed by atoms with van der Waals surface area (Å²) in [6.07, 6.45) is 3.78. The van der Waals surface area contributed by atoms with Crippen molar-refractivity contribution in [1.29, 1.82) is 0 Å².